The fourth-order valence-corrected chi connectivity index (χ4v) is 3.30. The van der Waals surface area contributed by atoms with Gasteiger partial charge in [-0.2, -0.15) is 0 Å². The van der Waals surface area contributed by atoms with Crippen molar-refractivity contribution in [1.82, 2.24) is 0 Å². The molecule has 4 nitrogen and oxygen atoms in total. The molecule has 0 aliphatic carbocycles. The van der Waals surface area contributed by atoms with Gasteiger partial charge in [-0.3, -0.25) is 0 Å². The van der Waals surface area contributed by atoms with Gasteiger partial charge in [-0.15, -0.1) is 0 Å². The van der Waals surface area contributed by atoms with Crippen LogP contribution in [0.1, 0.15) is 30.9 Å². The average Bonchev–Trinajstić information content (AvgIpc) is 2.95. The number of rotatable bonds is 3. The van der Waals surface area contributed by atoms with Crippen LogP contribution in [0.4, 0.5) is 0 Å². The van der Waals surface area contributed by atoms with E-state index >= 15 is 0 Å². The maximum atomic E-state index is 11.9. The molecule has 112 valence electrons. The Morgan fingerprint density at radius 3 is 2.86 bits per heavy atom. The molecule has 2 fully saturated rings. The Morgan fingerprint density at radius 1 is 1.38 bits per heavy atom. The lowest BCUT2D eigenvalue weighted by molar-refractivity contribution is -0.146. The molecule has 0 spiro atoms. The van der Waals surface area contributed by atoms with Crippen LogP contribution >= 0.6 is 0 Å². The average molecular weight is 288 g/mol. The smallest absolute Gasteiger partial charge is 0.336 e. The quantitative estimate of drug-likeness (QED) is 0.634. The van der Waals surface area contributed by atoms with E-state index in [4.69, 9.17) is 14.2 Å². The molecule has 4 heteroatoms. The number of benzene rings is 1. The van der Waals surface area contributed by atoms with Crippen molar-refractivity contribution >= 4 is 5.97 Å². The zero-order valence-corrected chi connectivity index (χ0v) is 12.2. The molecule has 0 N–H and O–H groups in total. The molecule has 0 saturated carbocycles. The number of carbonyl (C=O) groups is 1. The number of esters is 1. The molecule has 0 amide bonds. The van der Waals surface area contributed by atoms with E-state index in [1.165, 1.54) is 7.11 Å². The van der Waals surface area contributed by atoms with Gasteiger partial charge in [-0.25, -0.2) is 4.79 Å². The molecule has 0 bridgehead atoms. The summed E-state index contributed by atoms with van der Waals surface area (Å²) in [5, 5.41) is 0. The van der Waals surface area contributed by atoms with E-state index in [2.05, 4.69) is 6.58 Å². The van der Waals surface area contributed by atoms with Gasteiger partial charge in [0.15, 0.2) is 0 Å². The molecular formula is C17H20O4. The van der Waals surface area contributed by atoms with Crippen molar-refractivity contribution in [3.05, 3.63) is 48.0 Å². The van der Waals surface area contributed by atoms with Gasteiger partial charge in [-0.05, 0) is 18.4 Å². The summed E-state index contributed by atoms with van der Waals surface area (Å²) in [6.45, 7) is 4.55. The topological polar surface area (TPSA) is 44.8 Å². The van der Waals surface area contributed by atoms with Crippen molar-refractivity contribution in [3.63, 3.8) is 0 Å². The minimum Gasteiger partial charge on any atom is -0.466 e. The standard InChI is InChI=1S/C17H20O4/c1-12(16(18)19-2)17-11-14(13-7-4-3-5-8-13)21-15(17)9-6-10-20-17/h3-5,7-8,14-15H,1,6,9-11H2,2H3/t14-,15-,17+/m0/s1. The van der Waals surface area contributed by atoms with E-state index in [0.29, 0.717) is 18.6 Å². The Bertz CT molecular complexity index is 539. The second kappa shape index (κ2) is 5.62. The molecule has 0 unspecified atom stereocenters. The van der Waals surface area contributed by atoms with Crippen molar-refractivity contribution in [1.29, 1.82) is 0 Å². The van der Waals surface area contributed by atoms with Crippen molar-refractivity contribution in [2.75, 3.05) is 13.7 Å². The third-order valence-electron chi connectivity index (χ3n) is 4.42. The maximum Gasteiger partial charge on any atom is 0.336 e. The van der Waals surface area contributed by atoms with Gasteiger partial charge in [0, 0.05) is 13.0 Å². The first-order chi connectivity index (χ1) is 10.2. The van der Waals surface area contributed by atoms with Gasteiger partial charge in [0.1, 0.15) is 5.60 Å². The fraction of sp³-hybridized carbons (Fsp3) is 0.471. The first-order valence-corrected chi connectivity index (χ1v) is 7.29. The van der Waals surface area contributed by atoms with E-state index in [-0.39, 0.29) is 12.2 Å². The lowest BCUT2D eigenvalue weighted by atomic mass is 9.81. The lowest BCUT2D eigenvalue weighted by Gasteiger charge is -2.38. The van der Waals surface area contributed by atoms with Crippen LogP contribution in [0, 0.1) is 0 Å². The molecule has 0 radical (unpaired) electrons. The van der Waals surface area contributed by atoms with Crippen molar-refractivity contribution in [2.45, 2.75) is 37.1 Å². The monoisotopic (exact) mass is 288 g/mol. The van der Waals surface area contributed by atoms with Gasteiger partial charge in [0.25, 0.3) is 0 Å². The zero-order valence-electron chi connectivity index (χ0n) is 12.2. The summed E-state index contributed by atoms with van der Waals surface area (Å²) in [6.07, 6.45) is 2.20. The van der Waals surface area contributed by atoms with Gasteiger partial charge in [0.05, 0.1) is 24.9 Å². The minimum atomic E-state index is -0.744. The summed E-state index contributed by atoms with van der Waals surface area (Å²) in [7, 11) is 1.37. The highest BCUT2D eigenvalue weighted by Gasteiger charge is 2.55. The summed E-state index contributed by atoms with van der Waals surface area (Å²) in [6, 6.07) is 10.0. The van der Waals surface area contributed by atoms with Crippen LogP contribution < -0.4 is 0 Å². The third kappa shape index (κ3) is 2.39. The number of hydrogen-bond donors (Lipinski definition) is 0. The normalized spacial score (nSPS) is 31.5. The molecule has 1 aromatic rings. The molecule has 1 aromatic carbocycles. The Balaban J connectivity index is 1.90. The second-order valence-corrected chi connectivity index (χ2v) is 5.58. The molecule has 3 rings (SSSR count). The minimum absolute atomic E-state index is 0.0734. The SMILES string of the molecule is C=C(C(=O)OC)[C@]12C[C@@H](c3ccccc3)O[C@H]1CCCO2. The first-order valence-electron chi connectivity index (χ1n) is 7.29. The van der Waals surface area contributed by atoms with Crippen LogP contribution in [-0.4, -0.2) is 31.4 Å². The van der Waals surface area contributed by atoms with Crippen LogP contribution in [-0.2, 0) is 19.0 Å². The molecule has 2 heterocycles. The largest absolute Gasteiger partial charge is 0.466 e. The van der Waals surface area contributed by atoms with Gasteiger partial charge >= 0.3 is 5.97 Å². The van der Waals surface area contributed by atoms with Crippen molar-refractivity contribution in [2.24, 2.45) is 0 Å². The van der Waals surface area contributed by atoms with Gasteiger partial charge in [-0.1, -0.05) is 36.9 Å². The highest BCUT2D eigenvalue weighted by molar-refractivity contribution is 5.90. The number of carbonyl (C=O) groups excluding carboxylic acids is 1. The third-order valence-corrected chi connectivity index (χ3v) is 4.42. The molecule has 3 atom stereocenters. The van der Waals surface area contributed by atoms with Crippen molar-refractivity contribution < 1.29 is 19.0 Å². The lowest BCUT2D eigenvalue weighted by Crippen LogP contribution is -2.48. The molecule has 21 heavy (non-hydrogen) atoms. The molecule has 0 aromatic heterocycles. The Morgan fingerprint density at radius 2 is 2.14 bits per heavy atom. The van der Waals surface area contributed by atoms with E-state index < -0.39 is 11.6 Å². The highest BCUT2D eigenvalue weighted by Crippen LogP contribution is 2.49. The Hall–Kier alpha value is -1.65. The van der Waals surface area contributed by atoms with Crippen LogP contribution in [0.3, 0.4) is 0 Å². The molecule has 2 saturated heterocycles. The summed E-state index contributed by atoms with van der Waals surface area (Å²) in [5.74, 6) is -0.417. The van der Waals surface area contributed by atoms with E-state index in [1.54, 1.807) is 0 Å². The predicted octanol–water partition coefficient (Wildman–Crippen LogP) is 2.80. The number of fused-ring (bicyclic) bond motifs is 1. The van der Waals surface area contributed by atoms with Crippen LogP contribution in [0.2, 0.25) is 0 Å². The summed E-state index contributed by atoms with van der Waals surface area (Å²) in [5.41, 5.74) is 0.729. The molecule has 2 aliphatic heterocycles. The molecular weight excluding hydrogens is 268 g/mol. The van der Waals surface area contributed by atoms with E-state index in [1.807, 2.05) is 30.3 Å². The Kier molecular flexibility index (Phi) is 3.83. The maximum absolute atomic E-state index is 11.9. The van der Waals surface area contributed by atoms with Gasteiger partial charge in [0.2, 0.25) is 0 Å². The fourth-order valence-electron chi connectivity index (χ4n) is 3.30. The number of hydrogen-bond acceptors (Lipinski definition) is 4. The number of ether oxygens (including phenoxy) is 3. The van der Waals surface area contributed by atoms with E-state index in [9.17, 15) is 4.79 Å². The summed E-state index contributed by atoms with van der Waals surface area (Å²) < 4.78 is 17.0. The zero-order chi connectivity index (χ0) is 14.9. The van der Waals surface area contributed by atoms with Crippen LogP contribution in [0.15, 0.2) is 42.5 Å². The Labute approximate surface area is 124 Å². The summed E-state index contributed by atoms with van der Waals surface area (Å²) >= 11 is 0. The van der Waals surface area contributed by atoms with Gasteiger partial charge < -0.3 is 14.2 Å². The molecule has 2 aliphatic rings. The number of methoxy groups -OCH3 is 1. The highest BCUT2D eigenvalue weighted by atomic mass is 16.6. The van der Waals surface area contributed by atoms with Crippen LogP contribution in [0.5, 0.6) is 0 Å². The predicted molar refractivity (Wildman–Crippen MR) is 77.7 cm³/mol. The second-order valence-electron chi connectivity index (χ2n) is 5.58. The first kappa shape index (κ1) is 14.3. The summed E-state index contributed by atoms with van der Waals surface area (Å²) in [4.78, 5) is 11.9. The van der Waals surface area contributed by atoms with E-state index in [0.717, 1.165) is 18.4 Å². The van der Waals surface area contributed by atoms with Crippen molar-refractivity contribution in [3.8, 4) is 0 Å². The van der Waals surface area contributed by atoms with Crippen LogP contribution in [0.25, 0.3) is 0 Å².